The quantitative estimate of drug-likeness (QED) is 0.0551. The van der Waals surface area contributed by atoms with Crippen LogP contribution in [0.15, 0.2) is 29.3 Å². The Kier molecular flexibility index (Phi) is 15.8. The number of amides is 3. The highest BCUT2D eigenvalue weighted by atomic mass is 16.4. The minimum Gasteiger partial charge on any atom is -0.508 e. The van der Waals surface area contributed by atoms with Gasteiger partial charge >= 0.3 is 5.97 Å². The number of carboxylic acids is 1. The van der Waals surface area contributed by atoms with E-state index in [4.69, 9.17) is 22.9 Å². The van der Waals surface area contributed by atoms with E-state index < -0.39 is 47.9 Å². The number of carbonyl (C=O) groups excluding carboxylic acids is 3. The Bertz CT molecular complexity index is 1010. The maximum atomic E-state index is 13.5. The van der Waals surface area contributed by atoms with Gasteiger partial charge in [0.05, 0.1) is 6.04 Å². The number of nitrogens with two attached hydrogens (primary N) is 4. The van der Waals surface area contributed by atoms with E-state index in [2.05, 4.69) is 20.9 Å². The number of hydrogen-bond acceptors (Lipinski definition) is 8. The Hall–Kier alpha value is -3.91. The van der Waals surface area contributed by atoms with E-state index in [-0.39, 0.29) is 43.4 Å². The van der Waals surface area contributed by atoms with Crippen LogP contribution in [0.2, 0.25) is 0 Å². The predicted octanol–water partition coefficient (Wildman–Crippen LogP) is -0.970. The summed E-state index contributed by atoms with van der Waals surface area (Å²) in [7, 11) is 0. The van der Waals surface area contributed by atoms with E-state index in [1.165, 1.54) is 12.1 Å². The molecule has 41 heavy (non-hydrogen) atoms. The highest BCUT2D eigenvalue weighted by molar-refractivity contribution is 5.94. The minimum atomic E-state index is -1.24. The molecular weight excluding hydrogens is 532 g/mol. The van der Waals surface area contributed by atoms with E-state index in [1.807, 2.05) is 13.8 Å². The molecule has 4 atom stereocenters. The molecule has 1 aromatic rings. The number of rotatable bonds is 19. The zero-order valence-corrected chi connectivity index (χ0v) is 23.8. The van der Waals surface area contributed by atoms with Crippen molar-refractivity contribution < 1.29 is 29.4 Å². The molecule has 3 amide bonds. The van der Waals surface area contributed by atoms with Crippen LogP contribution in [0.25, 0.3) is 0 Å². The second-order valence-corrected chi connectivity index (χ2v) is 10.4. The monoisotopic (exact) mass is 578 g/mol. The van der Waals surface area contributed by atoms with Crippen molar-refractivity contribution in [2.75, 3.05) is 13.1 Å². The largest absolute Gasteiger partial charge is 0.508 e. The topological polar surface area (TPSA) is 261 Å². The number of aliphatic imine (C=N–C) groups is 1. The summed E-state index contributed by atoms with van der Waals surface area (Å²) < 4.78 is 0. The molecule has 0 aliphatic rings. The van der Waals surface area contributed by atoms with Crippen molar-refractivity contribution in [3.05, 3.63) is 29.8 Å². The Morgan fingerprint density at radius 3 is 1.98 bits per heavy atom. The fourth-order valence-electron chi connectivity index (χ4n) is 4.04. The summed E-state index contributed by atoms with van der Waals surface area (Å²) in [6.45, 7) is 4.40. The summed E-state index contributed by atoms with van der Waals surface area (Å²) in [5.41, 5.74) is 22.9. The fraction of sp³-hybridized carbons (Fsp3) is 0.593. The molecule has 0 heterocycles. The Balaban J connectivity index is 3.10. The number of benzene rings is 1. The Morgan fingerprint density at radius 1 is 0.854 bits per heavy atom. The van der Waals surface area contributed by atoms with Gasteiger partial charge in [0.15, 0.2) is 5.96 Å². The van der Waals surface area contributed by atoms with Crippen molar-refractivity contribution in [1.29, 1.82) is 0 Å². The third-order valence-corrected chi connectivity index (χ3v) is 6.21. The Morgan fingerprint density at radius 2 is 1.41 bits per heavy atom. The second-order valence-electron chi connectivity index (χ2n) is 10.4. The van der Waals surface area contributed by atoms with Gasteiger partial charge in [-0.05, 0) is 68.7 Å². The van der Waals surface area contributed by atoms with Crippen LogP contribution in [-0.4, -0.2) is 77.1 Å². The van der Waals surface area contributed by atoms with Gasteiger partial charge in [-0.25, -0.2) is 4.79 Å². The van der Waals surface area contributed by atoms with Gasteiger partial charge in [0.1, 0.15) is 23.9 Å². The van der Waals surface area contributed by atoms with E-state index in [1.54, 1.807) is 12.1 Å². The molecule has 0 spiro atoms. The van der Waals surface area contributed by atoms with Crippen molar-refractivity contribution in [1.82, 2.24) is 16.0 Å². The smallest absolute Gasteiger partial charge is 0.326 e. The first-order chi connectivity index (χ1) is 19.3. The van der Waals surface area contributed by atoms with Gasteiger partial charge < -0.3 is 49.1 Å². The maximum Gasteiger partial charge on any atom is 0.326 e. The molecule has 0 saturated heterocycles. The molecule has 1 rings (SSSR count). The zero-order chi connectivity index (χ0) is 30.9. The lowest BCUT2D eigenvalue weighted by Gasteiger charge is -2.25. The summed E-state index contributed by atoms with van der Waals surface area (Å²) in [6.07, 6.45) is 2.10. The zero-order valence-electron chi connectivity index (χ0n) is 23.8. The van der Waals surface area contributed by atoms with E-state index in [0.29, 0.717) is 37.8 Å². The predicted molar refractivity (Wildman–Crippen MR) is 155 cm³/mol. The molecular formula is C27H46N8O6. The van der Waals surface area contributed by atoms with Crippen LogP contribution in [0.5, 0.6) is 5.75 Å². The lowest BCUT2D eigenvalue weighted by atomic mass is 10.0. The molecule has 14 nitrogen and oxygen atoms in total. The molecule has 0 aliphatic heterocycles. The van der Waals surface area contributed by atoms with Crippen LogP contribution in [0, 0.1) is 5.92 Å². The average Bonchev–Trinajstić information content (AvgIpc) is 2.89. The molecule has 13 N–H and O–H groups in total. The van der Waals surface area contributed by atoms with Gasteiger partial charge in [0.2, 0.25) is 17.7 Å². The number of carboxylic acid groups (broad SMARTS) is 1. The van der Waals surface area contributed by atoms with Crippen molar-refractivity contribution in [3.8, 4) is 5.75 Å². The van der Waals surface area contributed by atoms with Gasteiger partial charge in [-0.1, -0.05) is 26.0 Å². The summed E-state index contributed by atoms with van der Waals surface area (Å²) >= 11 is 0. The molecule has 1 aromatic carbocycles. The molecule has 0 bridgehead atoms. The Labute approximate surface area is 240 Å². The molecule has 0 aromatic heterocycles. The standard InChI is InChI=1S/C27H46N8O6/c1-16(2)14-19(29)23(37)35-22(15-17-8-10-18(36)11-9-17)25(39)33-20(6-3-4-12-28)24(38)34-21(26(40)41)7-5-13-32-27(30)31/h8-11,16,19-22,36H,3-7,12-15,28-29H2,1-2H3,(H,33,39)(H,34,38)(H,35,37)(H,40,41)(H4,30,31,32). The molecule has 0 aliphatic carbocycles. The highest BCUT2D eigenvalue weighted by Gasteiger charge is 2.30. The van der Waals surface area contributed by atoms with Crippen LogP contribution in [0.4, 0.5) is 0 Å². The van der Waals surface area contributed by atoms with Crippen LogP contribution >= 0.6 is 0 Å². The number of phenols is 1. The SMILES string of the molecule is CC(C)CC(N)C(=O)NC(Cc1ccc(O)cc1)C(=O)NC(CCCCN)C(=O)NC(CCCN=C(N)N)C(=O)O. The number of nitrogens with zero attached hydrogens (tertiary/aromatic N) is 1. The summed E-state index contributed by atoms with van der Waals surface area (Å²) in [5, 5.41) is 27.1. The van der Waals surface area contributed by atoms with Gasteiger partial charge in [-0.15, -0.1) is 0 Å². The molecule has 14 heteroatoms. The van der Waals surface area contributed by atoms with Gasteiger partial charge in [0, 0.05) is 13.0 Å². The van der Waals surface area contributed by atoms with Crippen LogP contribution in [0.1, 0.15) is 57.9 Å². The van der Waals surface area contributed by atoms with E-state index in [0.717, 1.165) is 0 Å². The van der Waals surface area contributed by atoms with Crippen molar-refractivity contribution in [2.24, 2.45) is 33.8 Å². The summed E-state index contributed by atoms with van der Waals surface area (Å²) in [5.74, 6) is -3.02. The maximum absolute atomic E-state index is 13.5. The fourth-order valence-corrected chi connectivity index (χ4v) is 4.04. The molecule has 0 fully saturated rings. The molecule has 0 saturated carbocycles. The third kappa shape index (κ3) is 14.3. The van der Waals surface area contributed by atoms with Crippen molar-refractivity contribution >= 4 is 29.7 Å². The third-order valence-electron chi connectivity index (χ3n) is 6.21. The minimum absolute atomic E-state index is 0.0423. The highest BCUT2D eigenvalue weighted by Crippen LogP contribution is 2.13. The molecule has 0 radical (unpaired) electrons. The second kappa shape index (κ2) is 18.4. The lowest BCUT2D eigenvalue weighted by Crippen LogP contribution is -2.57. The van der Waals surface area contributed by atoms with Crippen molar-refractivity contribution in [2.45, 2.75) is 83.0 Å². The van der Waals surface area contributed by atoms with Crippen LogP contribution in [0.3, 0.4) is 0 Å². The molecule has 4 unspecified atom stereocenters. The van der Waals surface area contributed by atoms with Crippen LogP contribution in [-0.2, 0) is 25.6 Å². The number of guanidine groups is 1. The number of unbranched alkanes of at least 4 members (excludes halogenated alkanes) is 1. The lowest BCUT2D eigenvalue weighted by molar-refractivity contribution is -0.142. The van der Waals surface area contributed by atoms with E-state index >= 15 is 0 Å². The average molecular weight is 579 g/mol. The van der Waals surface area contributed by atoms with Gasteiger partial charge in [-0.3, -0.25) is 19.4 Å². The first-order valence-corrected chi connectivity index (χ1v) is 13.8. The normalized spacial score (nSPS) is 13.9. The van der Waals surface area contributed by atoms with Crippen molar-refractivity contribution in [3.63, 3.8) is 0 Å². The first kappa shape index (κ1) is 35.1. The number of nitrogens with one attached hydrogen (secondary N) is 3. The number of aliphatic carboxylic acids is 1. The van der Waals surface area contributed by atoms with Gasteiger partial charge in [0.25, 0.3) is 0 Å². The van der Waals surface area contributed by atoms with Crippen LogP contribution < -0.4 is 38.9 Å². The summed E-state index contributed by atoms with van der Waals surface area (Å²) in [6, 6.07) is 1.89. The number of phenolic OH excluding ortho intramolecular Hbond substituents is 1. The first-order valence-electron chi connectivity index (χ1n) is 13.8. The number of hydrogen-bond donors (Lipinski definition) is 9. The number of aromatic hydroxyl groups is 1. The van der Waals surface area contributed by atoms with E-state index in [9.17, 15) is 29.4 Å². The molecule has 230 valence electrons. The summed E-state index contributed by atoms with van der Waals surface area (Å²) in [4.78, 5) is 55.0. The number of carbonyl (C=O) groups is 4. The van der Waals surface area contributed by atoms with Gasteiger partial charge in [-0.2, -0.15) is 0 Å².